The third-order valence-electron chi connectivity index (χ3n) is 4.12. The zero-order chi connectivity index (χ0) is 15.9. The molecule has 0 unspecified atom stereocenters. The van der Waals surface area contributed by atoms with Crippen LogP contribution >= 0.6 is 23.7 Å². The van der Waals surface area contributed by atoms with Gasteiger partial charge in [-0.3, -0.25) is 9.98 Å². The van der Waals surface area contributed by atoms with E-state index in [0.29, 0.717) is 4.80 Å². The Labute approximate surface area is 147 Å². The lowest BCUT2D eigenvalue weighted by Crippen LogP contribution is -2.13. The topological polar surface area (TPSA) is 28.8 Å². The Morgan fingerprint density at radius 3 is 2.26 bits per heavy atom. The maximum absolute atomic E-state index is 8.31. The molecule has 0 atom stereocenters. The number of aryl methyl sites for hydroxylation is 4. The normalized spacial score (nSPS) is 10.4. The minimum Gasteiger partial charge on any atom is -0.285 e. The predicted octanol–water partition coefficient (Wildman–Crippen LogP) is 5.34. The fourth-order valence-electron chi connectivity index (χ4n) is 2.72. The Hall–Kier alpha value is -1.84. The summed E-state index contributed by atoms with van der Waals surface area (Å²) in [6, 6.07) is 12.9. The SMILES string of the molecule is Cc1ccc(-n2c(-c3ccc(C)c(C)c3)csc2=N)c(C)c1.Cl. The monoisotopic (exact) mass is 344 g/mol. The van der Waals surface area contributed by atoms with Crippen LogP contribution in [0.25, 0.3) is 16.9 Å². The van der Waals surface area contributed by atoms with Crippen LogP contribution in [0.4, 0.5) is 0 Å². The highest BCUT2D eigenvalue weighted by Gasteiger charge is 2.11. The van der Waals surface area contributed by atoms with Crippen LogP contribution in [0, 0.1) is 33.1 Å². The first-order valence-corrected chi connectivity index (χ1v) is 8.26. The molecule has 0 aliphatic heterocycles. The van der Waals surface area contributed by atoms with E-state index in [0.717, 1.165) is 16.9 Å². The van der Waals surface area contributed by atoms with Gasteiger partial charge in [0.2, 0.25) is 0 Å². The van der Waals surface area contributed by atoms with Crippen molar-refractivity contribution in [2.75, 3.05) is 0 Å². The second kappa shape index (κ2) is 6.73. The van der Waals surface area contributed by atoms with Crippen LogP contribution < -0.4 is 4.80 Å². The molecule has 120 valence electrons. The van der Waals surface area contributed by atoms with Crippen molar-refractivity contribution in [1.82, 2.24) is 4.57 Å². The summed E-state index contributed by atoms with van der Waals surface area (Å²) in [5.74, 6) is 0. The summed E-state index contributed by atoms with van der Waals surface area (Å²) in [5.41, 5.74) is 8.36. The molecule has 0 amide bonds. The van der Waals surface area contributed by atoms with Crippen LogP contribution in [0.15, 0.2) is 41.8 Å². The molecule has 1 N–H and O–H groups in total. The highest BCUT2D eigenvalue weighted by molar-refractivity contribution is 7.07. The summed E-state index contributed by atoms with van der Waals surface area (Å²) in [6.07, 6.45) is 0. The Morgan fingerprint density at radius 2 is 1.61 bits per heavy atom. The molecule has 0 fully saturated rings. The maximum Gasteiger partial charge on any atom is 0.187 e. The molecule has 2 aromatic carbocycles. The number of aromatic nitrogens is 1. The van der Waals surface area contributed by atoms with Crippen molar-refractivity contribution < 1.29 is 0 Å². The summed E-state index contributed by atoms with van der Waals surface area (Å²) < 4.78 is 2.05. The largest absolute Gasteiger partial charge is 0.285 e. The Morgan fingerprint density at radius 1 is 0.870 bits per heavy atom. The van der Waals surface area contributed by atoms with Gasteiger partial charge in [0.15, 0.2) is 4.80 Å². The molecule has 0 spiro atoms. The van der Waals surface area contributed by atoms with Crippen molar-refractivity contribution in [2.24, 2.45) is 0 Å². The van der Waals surface area contributed by atoms with E-state index in [1.54, 1.807) is 0 Å². The van der Waals surface area contributed by atoms with Gasteiger partial charge in [-0.15, -0.1) is 23.7 Å². The van der Waals surface area contributed by atoms with E-state index in [2.05, 4.69) is 69.5 Å². The summed E-state index contributed by atoms with van der Waals surface area (Å²) in [5, 5.41) is 10.4. The zero-order valence-electron chi connectivity index (χ0n) is 13.8. The van der Waals surface area contributed by atoms with Crippen LogP contribution in [0.1, 0.15) is 22.3 Å². The van der Waals surface area contributed by atoms with Gasteiger partial charge in [0.05, 0.1) is 11.4 Å². The van der Waals surface area contributed by atoms with Gasteiger partial charge in [-0.1, -0.05) is 29.8 Å². The molecule has 3 aromatic rings. The fraction of sp³-hybridized carbons (Fsp3) is 0.211. The Balaban J connectivity index is 0.00000192. The molecule has 3 rings (SSSR count). The molecule has 0 saturated heterocycles. The van der Waals surface area contributed by atoms with Gasteiger partial charge in [0.1, 0.15) is 0 Å². The van der Waals surface area contributed by atoms with E-state index in [1.165, 1.54) is 33.6 Å². The van der Waals surface area contributed by atoms with E-state index in [1.807, 2.05) is 4.57 Å². The summed E-state index contributed by atoms with van der Waals surface area (Å²) in [6.45, 7) is 8.46. The van der Waals surface area contributed by atoms with Crippen LogP contribution in [0.3, 0.4) is 0 Å². The third-order valence-corrected chi connectivity index (χ3v) is 4.87. The lowest BCUT2D eigenvalue weighted by atomic mass is 10.0. The van der Waals surface area contributed by atoms with Gasteiger partial charge in [0.25, 0.3) is 0 Å². The van der Waals surface area contributed by atoms with E-state index in [9.17, 15) is 0 Å². The van der Waals surface area contributed by atoms with Gasteiger partial charge < -0.3 is 0 Å². The lowest BCUT2D eigenvalue weighted by Gasteiger charge is -2.13. The van der Waals surface area contributed by atoms with Crippen molar-refractivity contribution in [3.63, 3.8) is 0 Å². The molecule has 2 nitrogen and oxygen atoms in total. The number of halogens is 1. The van der Waals surface area contributed by atoms with Gasteiger partial charge >= 0.3 is 0 Å². The minimum absolute atomic E-state index is 0. The highest BCUT2D eigenvalue weighted by atomic mass is 35.5. The van der Waals surface area contributed by atoms with Crippen molar-refractivity contribution in [1.29, 1.82) is 5.41 Å². The van der Waals surface area contributed by atoms with Crippen LogP contribution in [-0.2, 0) is 0 Å². The molecule has 23 heavy (non-hydrogen) atoms. The van der Waals surface area contributed by atoms with Crippen LogP contribution in [0.5, 0.6) is 0 Å². The second-order valence-corrected chi connectivity index (χ2v) is 6.71. The first-order chi connectivity index (χ1) is 10.5. The molecule has 0 saturated carbocycles. The zero-order valence-corrected chi connectivity index (χ0v) is 15.4. The van der Waals surface area contributed by atoms with Gasteiger partial charge in [-0.25, -0.2) is 0 Å². The molecule has 0 aliphatic rings. The number of nitrogens with zero attached hydrogens (tertiary/aromatic N) is 1. The van der Waals surface area contributed by atoms with Gasteiger partial charge in [-0.2, -0.15) is 0 Å². The van der Waals surface area contributed by atoms with Gasteiger partial charge in [-0.05, 0) is 62.1 Å². The number of hydrogen-bond donors (Lipinski definition) is 1. The smallest absolute Gasteiger partial charge is 0.187 e. The lowest BCUT2D eigenvalue weighted by molar-refractivity contribution is 0.974. The Kier molecular flexibility index (Phi) is 5.12. The third kappa shape index (κ3) is 3.26. The quantitative estimate of drug-likeness (QED) is 0.650. The number of thiazole rings is 1. The van der Waals surface area contributed by atoms with Crippen molar-refractivity contribution in [2.45, 2.75) is 27.7 Å². The Bertz CT molecular complexity index is 906. The average molecular weight is 345 g/mol. The first kappa shape index (κ1) is 17.5. The molecular formula is C19H21ClN2S. The molecule has 0 radical (unpaired) electrons. The van der Waals surface area contributed by atoms with Crippen molar-refractivity contribution >= 4 is 23.7 Å². The second-order valence-electron chi connectivity index (χ2n) is 5.85. The van der Waals surface area contributed by atoms with E-state index < -0.39 is 0 Å². The van der Waals surface area contributed by atoms with Gasteiger partial charge in [0, 0.05) is 5.38 Å². The standard InChI is InChI=1S/C19H20N2S.ClH/c1-12-5-8-17(15(4)9-12)21-18(11-22-19(21)20)16-7-6-13(2)14(3)10-16;/h5-11,20H,1-4H3;1H. The summed E-state index contributed by atoms with van der Waals surface area (Å²) >= 11 is 1.47. The fourth-order valence-corrected chi connectivity index (χ4v) is 3.49. The van der Waals surface area contributed by atoms with Crippen molar-refractivity contribution in [3.8, 4) is 16.9 Å². The minimum atomic E-state index is 0. The number of benzene rings is 2. The molecular weight excluding hydrogens is 324 g/mol. The molecule has 1 aromatic heterocycles. The molecule has 0 aliphatic carbocycles. The highest BCUT2D eigenvalue weighted by Crippen LogP contribution is 2.26. The number of nitrogens with one attached hydrogen (secondary N) is 1. The molecule has 1 heterocycles. The average Bonchev–Trinajstić information content (AvgIpc) is 2.84. The molecule has 4 heteroatoms. The number of hydrogen-bond acceptors (Lipinski definition) is 2. The van der Waals surface area contributed by atoms with E-state index in [4.69, 9.17) is 5.41 Å². The predicted molar refractivity (Wildman–Crippen MR) is 101 cm³/mol. The van der Waals surface area contributed by atoms with E-state index >= 15 is 0 Å². The summed E-state index contributed by atoms with van der Waals surface area (Å²) in [7, 11) is 0. The maximum atomic E-state index is 8.31. The number of rotatable bonds is 2. The van der Waals surface area contributed by atoms with Crippen molar-refractivity contribution in [3.05, 3.63) is 68.8 Å². The van der Waals surface area contributed by atoms with E-state index in [-0.39, 0.29) is 12.4 Å². The first-order valence-electron chi connectivity index (χ1n) is 7.38. The van der Waals surface area contributed by atoms with Crippen LogP contribution in [0.2, 0.25) is 0 Å². The van der Waals surface area contributed by atoms with Crippen LogP contribution in [-0.4, -0.2) is 4.57 Å². The molecule has 0 bridgehead atoms. The summed E-state index contributed by atoms with van der Waals surface area (Å²) in [4.78, 5) is 0.556.